The first kappa shape index (κ1) is 17.8. The molecule has 134 valence electrons. The highest BCUT2D eigenvalue weighted by Crippen LogP contribution is 2.24. The summed E-state index contributed by atoms with van der Waals surface area (Å²) >= 11 is 5.88. The van der Waals surface area contributed by atoms with Crippen LogP contribution in [0, 0.1) is 0 Å². The normalized spacial score (nSPS) is 18.8. The molecule has 2 aromatic rings. The number of rotatable bonds is 5. The molecule has 1 amide bonds. The topological polar surface area (TPSA) is 47.4 Å². The lowest BCUT2D eigenvalue weighted by atomic mass is 10.0. The SMILES string of the molecule is CCc1nccn1C1CCCN(C(=O)C(C)Oc2ccc(Cl)cc2)C1. The number of piperidine rings is 1. The summed E-state index contributed by atoms with van der Waals surface area (Å²) in [4.78, 5) is 19.1. The van der Waals surface area contributed by atoms with Crippen molar-refractivity contribution in [2.75, 3.05) is 13.1 Å². The van der Waals surface area contributed by atoms with E-state index in [-0.39, 0.29) is 11.9 Å². The van der Waals surface area contributed by atoms with Gasteiger partial charge in [-0.3, -0.25) is 4.79 Å². The number of hydrogen-bond donors (Lipinski definition) is 0. The fraction of sp³-hybridized carbons (Fsp3) is 0.474. The zero-order valence-corrected chi connectivity index (χ0v) is 15.4. The molecule has 0 radical (unpaired) electrons. The van der Waals surface area contributed by atoms with Gasteiger partial charge in [-0.2, -0.15) is 0 Å². The van der Waals surface area contributed by atoms with Gasteiger partial charge in [-0.15, -0.1) is 0 Å². The highest BCUT2D eigenvalue weighted by molar-refractivity contribution is 6.30. The summed E-state index contributed by atoms with van der Waals surface area (Å²) in [5, 5.41) is 0.650. The lowest BCUT2D eigenvalue weighted by Gasteiger charge is -2.35. The Hall–Kier alpha value is -2.01. The zero-order valence-electron chi connectivity index (χ0n) is 14.7. The number of aromatic nitrogens is 2. The van der Waals surface area contributed by atoms with Gasteiger partial charge in [0.25, 0.3) is 5.91 Å². The van der Waals surface area contributed by atoms with E-state index < -0.39 is 6.10 Å². The molecular formula is C19H24ClN3O2. The number of ether oxygens (including phenoxy) is 1. The van der Waals surface area contributed by atoms with E-state index in [2.05, 4.69) is 16.5 Å². The van der Waals surface area contributed by atoms with Crippen molar-refractivity contribution in [3.63, 3.8) is 0 Å². The molecule has 1 aromatic carbocycles. The van der Waals surface area contributed by atoms with Crippen molar-refractivity contribution < 1.29 is 9.53 Å². The minimum absolute atomic E-state index is 0.0258. The Bertz CT molecular complexity index is 714. The number of carbonyl (C=O) groups excluding carboxylic acids is 1. The molecule has 25 heavy (non-hydrogen) atoms. The second-order valence-electron chi connectivity index (χ2n) is 6.40. The number of nitrogens with zero attached hydrogens (tertiary/aromatic N) is 3. The minimum atomic E-state index is -0.520. The number of halogens is 1. The zero-order chi connectivity index (χ0) is 17.8. The number of imidazole rings is 1. The van der Waals surface area contributed by atoms with E-state index in [1.807, 2.05) is 17.3 Å². The van der Waals surface area contributed by atoms with Gasteiger partial charge in [0.05, 0.1) is 6.04 Å². The third-order valence-corrected chi connectivity index (χ3v) is 4.89. The fourth-order valence-electron chi connectivity index (χ4n) is 3.36. The van der Waals surface area contributed by atoms with E-state index >= 15 is 0 Å². The molecule has 0 spiro atoms. The Morgan fingerprint density at radius 1 is 1.40 bits per heavy atom. The summed E-state index contributed by atoms with van der Waals surface area (Å²) < 4.78 is 8.00. The van der Waals surface area contributed by atoms with Crippen LogP contribution in [0.25, 0.3) is 0 Å². The van der Waals surface area contributed by atoms with Gasteiger partial charge in [0.1, 0.15) is 11.6 Å². The van der Waals surface area contributed by atoms with Crippen LogP contribution < -0.4 is 4.74 Å². The largest absolute Gasteiger partial charge is 0.481 e. The second-order valence-corrected chi connectivity index (χ2v) is 6.84. The molecule has 0 aliphatic carbocycles. The Kier molecular flexibility index (Phi) is 5.63. The van der Waals surface area contributed by atoms with E-state index in [4.69, 9.17) is 16.3 Å². The van der Waals surface area contributed by atoms with Crippen LogP contribution in [0.15, 0.2) is 36.7 Å². The van der Waals surface area contributed by atoms with E-state index in [0.717, 1.165) is 31.6 Å². The van der Waals surface area contributed by atoms with Gasteiger partial charge >= 0.3 is 0 Å². The molecule has 2 heterocycles. The van der Waals surface area contributed by atoms with Crippen molar-refractivity contribution >= 4 is 17.5 Å². The summed E-state index contributed by atoms with van der Waals surface area (Å²) in [5.74, 6) is 1.75. The molecule has 2 atom stereocenters. The smallest absolute Gasteiger partial charge is 0.263 e. The van der Waals surface area contributed by atoms with Gasteiger partial charge in [0, 0.05) is 36.9 Å². The molecular weight excluding hydrogens is 338 g/mol. The maximum absolute atomic E-state index is 12.8. The van der Waals surface area contributed by atoms with Gasteiger partial charge in [0.15, 0.2) is 6.10 Å². The van der Waals surface area contributed by atoms with Crippen molar-refractivity contribution in [2.24, 2.45) is 0 Å². The standard InChI is InChI=1S/C19H24ClN3O2/c1-3-18-21-10-12-23(18)16-5-4-11-22(13-16)19(24)14(2)25-17-8-6-15(20)7-9-17/h6-10,12,14,16H,3-5,11,13H2,1-2H3. The lowest BCUT2D eigenvalue weighted by Crippen LogP contribution is -2.46. The Labute approximate surface area is 153 Å². The van der Waals surface area contributed by atoms with Gasteiger partial charge in [0.2, 0.25) is 0 Å². The van der Waals surface area contributed by atoms with Gasteiger partial charge in [-0.1, -0.05) is 18.5 Å². The number of hydrogen-bond acceptors (Lipinski definition) is 3. The predicted octanol–water partition coefficient (Wildman–Crippen LogP) is 3.73. The quantitative estimate of drug-likeness (QED) is 0.815. The van der Waals surface area contributed by atoms with Crippen molar-refractivity contribution in [3.8, 4) is 5.75 Å². The van der Waals surface area contributed by atoms with Crippen LogP contribution in [-0.2, 0) is 11.2 Å². The summed E-state index contributed by atoms with van der Waals surface area (Å²) in [6.07, 6.45) is 6.29. The predicted molar refractivity (Wildman–Crippen MR) is 98.0 cm³/mol. The molecule has 5 nitrogen and oxygen atoms in total. The van der Waals surface area contributed by atoms with Crippen molar-refractivity contribution in [3.05, 3.63) is 47.5 Å². The lowest BCUT2D eigenvalue weighted by molar-refractivity contribution is -0.139. The molecule has 1 aliphatic heterocycles. The molecule has 1 aromatic heterocycles. The van der Waals surface area contributed by atoms with Gasteiger partial charge in [-0.05, 0) is 44.0 Å². The first-order valence-electron chi connectivity index (χ1n) is 8.81. The summed E-state index contributed by atoms with van der Waals surface area (Å²) in [7, 11) is 0. The van der Waals surface area contributed by atoms with E-state index in [1.165, 1.54) is 0 Å². The monoisotopic (exact) mass is 361 g/mol. The number of benzene rings is 1. The average Bonchev–Trinajstić information content (AvgIpc) is 3.12. The molecule has 0 N–H and O–H groups in total. The number of amides is 1. The highest BCUT2D eigenvalue weighted by atomic mass is 35.5. The van der Waals surface area contributed by atoms with Crippen LogP contribution in [-0.4, -0.2) is 39.6 Å². The molecule has 6 heteroatoms. The van der Waals surface area contributed by atoms with Crippen LogP contribution in [0.2, 0.25) is 5.02 Å². The third kappa shape index (κ3) is 4.15. The van der Waals surface area contributed by atoms with Crippen molar-refractivity contribution in [1.29, 1.82) is 0 Å². The molecule has 0 bridgehead atoms. The summed E-state index contributed by atoms with van der Waals surface area (Å²) in [6.45, 7) is 5.39. The molecule has 2 unspecified atom stereocenters. The molecule has 1 fully saturated rings. The van der Waals surface area contributed by atoms with Crippen LogP contribution >= 0.6 is 11.6 Å². The average molecular weight is 362 g/mol. The van der Waals surface area contributed by atoms with E-state index in [1.54, 1.807) is 31.2 Å². The fourth-order valence-corrected chi connectivity index (χ4v) is 3.48. The molecule has 3 rings (SSSR count). The number of carbonyl (C=O) groups is 1. The molecule has 1 saturated heterocycles. The minimum Gasteiger partial charge on any atom is -0.481 e. The number of aryl methyl sites for hydroxylation is 1. The van der Waals surface area contributed by atoms with E-state index in [9.17, 15) is 4.79 Å². The second kappa shape index (κ2) is 7.91. The first-order chi connectivity index (χ1) is 12.1. The Balaban J connectivity index is 1.64. The molecule has 0 saturated carbocycles. The number of likely N-dealkylation sites (tertiary alicyclic amines) is 1. The first-order valence-corrected chi connectivity index (χ1v) is 9.19. The van der Waals surface area contributed by atoms with Gasteiger partial charge in [-0.25, -0.2) is 4.98 Å². The van der Waals surface area contributed by atoms with Crippen molar-refractivity contribution in [2.45, 2.75) is 45.3 Å². The summed E-state index contributed by atoms with van der Waals surface area (Å²) in [5.41, 5.74) is 0. The Morgan fingerprint density at radius 3 is 2.88 bits per heavy atom. The van der Waals surface area contributed by atoms with Crippen molar-refractivity contribution in [1.82, 2.24) is 14.5 Å². The maximum atomic E-state index is 12.8. The summed E-state index contributed by atoms with van der Waals surface area (Å²) in [6, 6.07) is 7.37. The van der Waals surface area contributed by atoms with Gasteiger partial charge < -0.3 is 14.2 Å². The third-order valence-electron chi connectivity index (χ3n) is 4.64. The highest BCUT2D eigenvalue weighted by Gasteiger charge is 2.29. The van der Waals surface area contributed by atoms with E-state index in [0.29, 0.717) is 17.3 Å². The maximum Gasteiger partial charge on any atom is 0.263 e. The van der Waals surface area contributed by atoms with Crippen LogP contribution in [0.4, 0.5) is 0 Å². The Morgan fingerprint density at radius 2 is 2.16 bits per heavy atom. The van der Waals surface area contributed by atoms with Crippen LogP contribution in [0.3, 0.4) is 0 Å². The van der Waals surface area contributed by atoms with Crippen LogP contribution in [0.5, 0.6) is 5.75 Å². The molecule has 1 aliphatic rings. The van der Waals surface area contributed by atoms with Crippen LogP contribution in [0.1, 0.15) is 38.6 Å².